The van der Waals surface area contributed by atoms with Crippen LogP contribution in [-0.4, -0.2) is 34.0 Å². The fraction of sp³-hybridized carbons (Fsp3) is 0.135. The van der Waals surface area contributed by atoms with E-state index in [1.807, 2.05) is 91.0 Å². The molecule has 6 rings (SSSR count). The molecule has 2 heterocycles. The third-order valence-electron chi connectivity index (χ3n) is 7.28. The molecule has 3 amide bonds. The summed E-state index contributed by atoms with van der Waals surface area (Å²) in [7, 11) is 0. The third kappa shape index (κ3) is 8.31. The smallest absolute Gasteiger partial charge is 0.408 e. The summed E-state index contributed by atoms with van der Waals surface area (Å²) in [6.45, 7) is 1.89. The molecule has 0 spiro atoms. The van der Waals surface area contributed by atoms with Gasteiger partial charge in [0, 0.05) is 11.8 Å². The van der Waals surface area contributed by atoms with Gasteiger partial charge in [0.25, 0.3) is 0 Å². The Labute approximate surface area is 281 Å². The minimum Gasteiger partial charge on any atom is -0.467 e. The molecular weight excluding hydrogens is 628 g/mol. The van der Waals surface area contributed by atoms with E-state index in [2.05, 4.69) is 10.6 Å². The zero-order valence-electron chi connectivity index (χ0n) is 25.9. The average Bonchev–Trinajstić information content (AvgIpc) is 3.73. The van der Waals surface area contributed by atoms with Crippen molar-refractivity contribution in [2.24, 2.45) is 4.99 Å². The van der Waals surface area contributed by atoms with Crippen molar-refractivity contribution in [2.45, 2.75) is 31.4 Å². The Morgan fingerprint density at radius 1 is 0.896 bits per heavy atom. The molecule has 4 aromatic carbocycles. The second-order valence-electron chi connectivity index (χ2n) is 10.8. The summed E-state index contributed by atoms with van der Waals surface area (Å²) in [4.78, 5) is 45.2. The first-order valence-electron chi connectivity index (χ1n) is 15.2. The van der Waals surface area contributed by atoms with Crippen LogP contribution in [0.4, 0.5) is 16.2 Å². The highest BCUT2D eigenvalue weighted by molar-refractivity contribution is 8.15. The predicted molar refractivity (Wildman–Crippen MR) is 184 cm³/mol. The highest BCUT2D eigenvalue weighted by Crippen LogP contribution is 2.42. The van der Waals surface area contributed by atoms with E-state index < -0.39 is 23.3 Å². The van der Waals surface area contributed by atoms with E-state index in [4.69, 9.17) is 18.9 Å². The monoisotopic (exact) mass is 660 g/mol. The van der Waals surface area contributed by atoms with Crippen LogP contribution in [0.1, 0.15) is 29.1 Å². The van der Waals surface area contributed by atoms with Gasteiger partial charge in [0.05, 0.1) is 18.5 Å². The van der Waals surface area contributed by atoms with Crippen molar-refractivity contribution in [1.82, 2.24) is 10.2 Å². The fourth-order valence-electron chi connectivity index (χ4n) is 4.81. The molecule has 2 atom stereocenters. The molecule has 1 aliphatic rings. The van der Waals surface area contributed by atoms with Crippen molar-refractivity contribution < 1.29 is 28.3 Å². The number of nitrogens with zero attached hydrogens (tertiary/aromatic N) is 2. The molecular formula is C37H32N4O6S. The molecule has 0 aliphatic carbocycles. The van der Waals surface area contributed by atoms with E-state index in [9.17, 15) is 14.4 Å². The maximum absolute atomic E-state index is 13.8. The van der Waals surface area contributed by atoms with Gasteiger partial charge in [-0.2, -0.15) is 0 Å². The molecule has 1 saturated heterocycles. The maximum atomic E-state index is 13.8. The number of rotatable bonds is 11. The number of amidine groups is 1. The highest BCUT2D eigenvalue weighted by Gasteiger charge is 2.39. The molecule has 1 fully saturated rings. The van der Waals surface area contributed by atoms with Crippen LogP contribution < -0.4 is 15.4 Å². The lowest BCUT2D eigenvalue weighted by Gasteiger charge is -2.16. The molecule has 11 heteroatoms. The summed E-state index contributed by atoms with van der Waals surface area (Å²) in [5.74, 6) is 1.40. The van der Waals surface area contributed by atoms with Gasteiger partial charge >= 0.3 is 6.09 Å². The van der Waals surface area contributed by atoms with E-state index in [1.165, 1.54) is 11.8 Å². The fourth-order valence-corrected chi connectivity index (χ4v) is 5.98. The van der Waals surface area contributed by atoms with E-state index in [-0.39, 0.29) is 19.1 Å². The molecule has 5 aromatic rings. The van der Waals surface area contributed by atoms with E-state index in [0.29, 0.717) is 33.8 Å². The van der Waals surface area contributed by atoms with Crippen LogP contribution in [0.25, 0.3) is 0 Å². The van der Waals surface area contributed by atoms with Gasteiger partial charge in [0.2, 0.25) is 11.8 Å². The number of alkyl carbamates (subject to hydrolysis) is 1. The molecule has 1 aliphatic heterocycles. The first kappa shape index (κ1) is 32.1. The first-order chi connectivity index (χ1) is 23.4. The number of nitrogens with one attached hydrogen (secondary N) is 2. The standard InChI is InChI=1S/C37H32N4O6S/c1-25(38-37(44)46-24-26-10-4-2-5-11-26)34(42)39-28-19-17-27(18-20-28)33-35(43)41(23-32-16-9-21-45-32)36(48-33)40-29-12-8-15-31(22-29)47-30-13-6-3-7-14-30/h2-22,25,33H,23-24H2,1H3,(H,38,44)(H,39,42)/t25-,33?/m1/s1. The largest absolute Gasteiger partial charge is 0.467 e. The van der Waals surface area contributed by atoms with Gasteiger partial charge < -0.3 is 24.5 Å². The lowest BCUT2D eigenvalue weighted by Crippen LogP contribution is -2.41. The maximum Gasteiger partial charge on any atom is 0.408 e. The Morgan fingerprint density at radius 2 is 1.62 bits per heavy atom. The van der Waals surface area contributed by atoms with Crippen LogP contribution in [0.3, 0.4) is 0 Å². The number of carbonyl (C=O) groups is 3. The average molecular weight is 661 g/mol. The van der Waals surface area contributed by atoms with Crippen molar-refractivity contribution in [3.8, 4) is 11.5 Å². The number of aliphatic imine (C=N–C) groups is 1. The van der Waals surface area contributed by atoms with Crippen LogP contribution in [0.2, 0.25) is 0 Å². The first-order valence-corrected chi connectivity index (χ1v) is 16.1. The topological polar surface area (TPSA) is 122 Å². The number of hydrogen-bond acceptors (Lipinski definition) is 8. The second kappa shape index (κ2) is 15.2. The Kier molecular flexibility index (Phi) is 10.2. The van der Waals surface area contributed by atoms with Crippen molar-refractivity contribution >= 4 is 46.2 Å². The number of furan rings is 1. The summed E-state index contributed by atoms with van der Waals surface area (Å²) in [6.07, 6.45) is 0.874. The van der Waals surface area contributed by atoms with Gasteiger partial charge in [-0.25, -0.2) is 9.79 Å². The molecule has 2 N–H and O–H groups in total. The Balaban J connectivity index is 1.12. The summed E-state index contributed by atoms with van der Waals surface area (Å²) < 4.78 is 16.7. The number of thioether (sulfide) groups is 1. The number of ether oxygens (including phenoxy) is 2. The number of hydrogen-bond donors (Lipinski definition) is 2. The summed E-state index contributed by atoms with van der Waals surface area (Å²) in [6, 6.07) is 35.9. The molecule has 10 nitrogen and oxygen atoms in total. The Morgan fingerprint density at radius 3 is 2.35 bits per heavy atom. The van der Waals surface area contributed by atoms with Crippen molar-refractivity contribution in [3.63, 3.8) is 0 Å². The van der Waals surface area contributed by atoms with Crippen LogP contribution in [0.15, 0.2) is 137 Å². The zero-order valence-corrected chi connectivity index (χ0v) is 26.8. The van der Waals surface area contributed by atoms with Gasteiger partial charge in [-0.1, -0.05) is 78.5 Å². The van der Waals surface area contributed by atoms with Gasteiger partial charge in [0.15, 0.2) is 5.17 Å². The van der Waals surface area contributed by atoms with Gasteiger partial charge in [-0.15, -0.1) is 0 Å². The summed E-state index contributed by atoms with van der Waals surface area (Å²) in [5.41, 5.74) is 2.74. The van der Waals surface area contributed by atoms with Crippen molar-refractivity contribution in [3.05, 3.63) is 144 Å². The van der Waals surface area contributed by atoms with Gasteiger partial charge in [0.1, 0.15) is 35.2 Å². The predicted octanol–water partition coefficient (Wildman–Crippen LogP) is 7.83. The molecule has 0 saturated carbocycles. The van der Waals surface area contributed by atoms with Crippen LogP contribution in [0.5, 0.6) is 11.5 Å². The van der Waals surface area contributed by atoms with Crippen molar-refractivity contribution in [2.75, 3.05) is 5.32 Å². The minimum absolute atomic E-state index is 0.0980. The lowest BCUT2D eigenvalue weighted by atomic mass is 10.1. The zero-order chi connectivity index (χ0) is 33.3. The highest BCUT2D eigenvalue weighted by atomic mass is 32.2. The van der Waals surface area contributed by atoms with Crippen LogP contribution in [0, 0.1) is 0 Å². The minimum atomic E-state index is -0.842. The molecule has 242 valence electrons. The normalized spacial score (nSPS) is 15.6. The molecule has 48 heavy (non-hydrogen) atoms. The van der Waals surface area contributed by atoms with Crippen LogP contribution >= 0.6 is 11.8 Å². The van der Waals surface area contributed by atoms with Gasteiger partial charge in [-0.05, 0) is 66.6 Å². The third-order valence-corrected chi connectivity index (χ3v) is 8.51. The number of anilines is 1. The van der Waals surface area contributed by atoms with E-state index in [1.54, 1.807) is 48.4 Å². The van der Waals surface area contributed by atoms with Crippen LogP contribution in [-0.2, 0) is 27.5 Å². The van der Waals surface area contributed by atoms with Gasteiger partial charge in [-0.3, -0.25) is 14.5 Å². The number of carbonyl (C=O) groups excluding carboxylic acids is 3. The number of para-hydroxylation sites is 1. The summed E-state index contributed by atoms with van der Waals surface area (Å²) >= 11 is 1.34. The molecule has 1 aromatic heterocycles. The Hall–Kier alpha value is -5.81. The quantitative estimate of drug-likeness (QED) is 0.148. The lowest BCUT2D eigenvalue weighted by molar-refractivity contribution is -0.126. The molecule has 1 unspecified atom stereocenters. The Bertz CT molecular complexity index is 1880. The van der Waals surface area contributed by atoms with E-state index in [0.717, 1.165) is 11.1 Å². The molecule has 0 bridgehead atoms. The second-order valence-corrected chi connectivity index (χ2v) is 11.9. The number of benzene rings is 4. The molecule has 0 radical (unpaired) electrons. The van der Waals surface area contributed by atoms with E-state index >= 15 is 0 Å². The van der Waals surface area contributed by atoms with Crippen molar-refractivity contribution in [1.29, 1.82) is 0 Å². The summed E-state index contributed by atoms with van der Waals surface area (Å²) in [5, 5.41) is 5.29. The SMILES string of the molecule is C[C@@H](NC(=O)OCc1ccccc1)C(=O)Nc1ccc(C2SC(=Nc3cccc(Oc4ccccc4)c3)N(Cc3ccco3)C2=O)cc1. The number of amides is 3.